The number of aromatic nitrogens is 2. The van der Waals surface area contributed by atoms with Crippen LogP contribution in [0.2, 0.25) is 0 Å². The molecule has 0 spiro atoms. The summed E-state index contributed by atoms with van der Waals surface area (Å²) in [5.41, 5.74) is 0.204. The number of hydrogen-bond donors (Lipinski definition) is 0. The molecule has 0 N–H and O–H groups in total. The zero-order valence-corrected chi connectivity index (χ0v) is 11.6. The molecule has 2 rings (SSSR count). The van der Waals surface area contributed by atoms with Crippen molar-refractivity contribution in [2.75, 3.05) is 6.61 Å². The number of halogens is 1. The van der Waals surface area contributed by atoms with E-state index in [2.05, 4.69) is 9.72 Å². The molecule has 19 heavy (non-hydrogen) atoms. The SMILES string of the molecule is CCOC(=O)C(F)n1cnc2sc(C)c(C)c2c1=O. The number of alkyl halides is 1. The lowest BCUT2D eigenvalue weighted by molar-refractivity contribution is -0.153. The van der Waals surface area contributed by atoms with E-state index in [0.29, 0.717) is 14.8 Å². The van der Waals surface area contributed by atoms with Crippen LogP contribution in [0, 0.1) is 13.8 Å². The maximum absolute atomic E-state index is 13.9. The molecule has 0 aliphatic carbocycles. The van der Waals surface area contributed by atoms with E-state index in [9.17, 15) is 14.0 Å². The highest BCUT2D eigenvalue weighted by molar-refractivity contribution is 7.18. The fourth-order valence-electron chi connectivity index (χ4n) is 1.73. The second kappa shape index (κ2) is 5.08. The summed E-state index contributed by atoms with van der Waals surface area (Å²) in [6.07, 6.45) is -1.12. The third kappa shape index (κ3) is 2.25. The predicted molar refractivity (Wildman–Crippen MR) is 70.1 cm³/mol. The van der Waals surface area contributed by atoms with E-state index >= 15 is 0 Å². The smallest absolute Gasteiger partial charge is 0.362 e. The van der Waals surface area contributed by atoms with Crippen LogP contribution in [0.4, 0.5) is 4.39 Å². The highest BCUT2D eigenvalue weighted by atomic mass is 32.1. The van der Waals surface area contributed by atoms with Gasteiger partial charge in [-0.05, 0) is 26.3 Å². The van der Waals surface area contributed by atoms with Crippen LogP contribution in [0.25, 0.3) is 10.2 Å². The zero-order chi connectivity index (χ0) is 14.2. The zero-order valence-electron chi connectivity index (χ0n) is 10.8. The van der Waals surface area contributed by atoms with Crippen LogP contribution in [-0.2, 0) is 9.53 Å². The Labute approximate surface area is 112 Å². The standard InChI is InChI=1S/C12H13FN2O3S/c1-4-18-12(17)9(13)15-5-14-10-8(11(15)16)6(2)7(3)19-10/h5,9H,4H2,1-3H3. The van der Waals surface area contributed by atoms with Crippen LogP contribution < -0.4 is 5.56 Å². The van der Waals surface area contributed by atoms with Gasteiger partial charge in [-0.15, -0.1) is 11.3 Å². The van der Waals surface area contributed by atoms with Gasteiger partial charge in [-0.2, -0.15) is 0 Å². The molecule has 0 aliphatic rings. The topological polar surface area (TPSA) is 61.2 Å². The molecule has 0 aliphatic heterocycles. The Morgan fingerprint density at radius 2 is 2.26 bits per heavy atom. The lowest BCUT2D eigenvalue weighted by Gasteiger charge is -2.10. The third-order valence-corrected chi connectivity index (χ3v) is 3.96. The van der Waals surface area contributed by atoms with Gasteiger partial charge >= 0.3 is 5.97 Å². The molecule has 0 amide bonds. The van der Waals surface area contributed by atoms with Gasteiger partial charge in [-0.3, -0.25) is 9.36 Å². The molecule has 0 saturated carbocycles. The van der Waals surface area contributed by atoms with Crippen LogP contribution in [0.15, 0.2) is 11.1 Å². The van der Waals surface area contributed by atoms with Crippen molar-refractivity contribution in [3.05, 3.63) is 27.1 Å². The van der Waals surface area contributed by atoms with Gasteiger partial charge in [0.15, 0.2) is 0 Å². The van der Waals surface area contributed by atoms with E-state index in [-0.39, 0.29) is 6.61 Å². The van der Waals surface area contributed by atoms with E-state index < -0.39 is 17.8 Å². The normalized spacial score (nSPS) is 12.6. The van der Waals surface area contributed by atoms with Crippen LogP contribution >= 0.6 is 11.3 Å². The molecule has 5 nitrogen and oxygen atoms in total. The highest BCUT2D eigenvalue weighted by Crippen LogP contribution is 2.26. The summed E-state index contributed by atoms with van der Waals surface area (Å²) in [5, 5.41) is 0.358. The number of fused-ring (bicyclic) bond motifs is 1. The van der Waals surface area contributed by atoms with E-state index in [1.54, 1.807) is 13.8 Å². The molecular formula is C12H13FN2O3S. The van der Waals surface area contributed by atoms with Crippen molar-refractivity contribution in [2.24, 2.45) is 0 Å². The Bertz CT molecular complexity index is 692. The number of carbonyl (C=O) groups excluding carboxylic acids is 1. The van der Waals surface area contributed by atoms with Gasteiger partial charge in [0.05, 0.1) is 12.0 Å². The van der Waals surface area contributed by atoms with Crippen LogP contribution in [0.3, 0.4) is 0 Å². The Kier molecular flexibility index (Phi) is 3.66. The van der Waals surface area contributed by atoms with Crippen molar-refractivity contribution in [1.82, 2.24) is 9.55 Å². The fourth-order valence-corrected chi connectivity index (χ4v) is 2.72. The first-order chi connectivity index (χ1) is 8.97. The van der Waals surface area contributed by atoms with Crippen molar-refractivity contribution in [1.29, 1.82) is 0 Å². The second-order valence-electron chi connectivity index (χ2n) is 4.01. The number of carbonyl (C=O) groups is 1. The summed E-state index contributed by atoms with van der Waals surface area (Å²) in [7, 11) is 0. The number of hydrogen-bond acceptors (Lipinski definition) is 5. The monoisotopic (exact) mass is 284 g/mol. The molecule has 2 aromatic heterocycles. The lowest BCUT2D eigenvalue weighted by atomic mass is 10.2. The number of aryl methyl sites for hydroxylation is 2. The average molecular weight is 284 g/mol. The maximum Gasteiger partial charge on any atom is 0.362 e. The minimum atomic E-state index is -2.16. The Morgan fingerprint density at radius 1 is 1.58 bits per heavy atom. The van der Waals surface area contributed by atoms with Gasteiger partial charge in [-0.25, -0.2) is 14.2 Å². The number of rotatable bonds is 3. The number of thiophene rings is 1. The van der Waals surface area contributed by atoms with Crippen molar-refractivity contribution in [2.45, 2.75) is 27.1 Å². The molecule has 1 unspecified atom stereocenters. The minimum absolute atomic E-state index is 0.0558. The molecule has 2 aromatic rings. The summed E-state index contributed by atoms with van der Waals surface area (Å²) in [4.78, 5) is 29.1. The summed E-state index contributed by atoms with van der Waals surface area (Å²) in [6, 6.07) is 0. The van der Waals surface area contributed by atoms with E-state index in [1.165, 1.54) is 11.3 Å². The molecule has 102 valence electrons. The quantitative estimate of drug-likeness (QED) is 0.810. The summed E-state index contributed by atoms with van der Waals surface area (Å²) in [5.74, 6) is -1.09. The molecule has 0 bridgehead atoms. The van der Waals surface area contributed by atoms with Crippen LogP contribution in [0.1, 0.15) is 23.7 Å². The average Bonchev–Trinajstić information content (AvgIpc) is 2.66. The van der Waals surface area contributed by atoms with Gasteiger partial charge < -0.3 is 4.74 Å². The molecule has 7 heteroatoms. The van der Waals surface area contributed by atoms with E-state index in [1.807, 2.05) is 6.92 Å². The third-order valence-electron chi connectivity index (χ3n) is 2.84. The van der Waals surface area contributed by atoms with Crippen LogP contribution in [-0.4, -0.2) is 22.1 Å². The highest BCUT2D eigenvalue weighted by Gasteiger charge is 2.24. The molecule has 1 atom stereocenters. The van der Waals surface area contributed by atoms with Crippen molar-refractivity contribution < 1.29 is 13.9 Å². The molecule has 2 heterocycles. The largest absolute Gasteiger partial charge is 0.462 e. The van der Waals surface area contributed by atoms with Crippen molar-refractivity contribution in [3.63, 3.8) is 0 Å². The van der Waals surface area contributed by atoms with Gasteiger partial charge in [0.2, 0.25) is 0 Å². The first kappa shape index (κ1) is 13.7. The van der Waals surface area contributed by atoms with Gasteiger partial charge in [0, 0.05) is 4.88 Å². The van der Waals surface area contributed by atoms with E-state index in [0.717, 1.165) is 16.8 Å². The second-order valence-corrected chi connectivity index (χ2v) is 5.21. The molecule has 0 aromatic carbocycles. The predicted octanol–water partition coefficient (Wildman–Crippen LogP) is 2.11. The Hall–Kier alpha value is -1.76. The summed E-state index contributed by atoms with van der Waals surface area (Å²) < 4.78 is 19.1. The first-order valence-electron chi connectivity index (χ1n) is 5.75. The van der Waals surface area contributed by atoms with Crippen molar-refractivity contribution >= 4 is 27.5 Å². The number of esters is 1. The summed E-state index contributed by atoms with van der Waals surface area (Å²) in [6.45, 7) is 5.27. The number of nitrogens with zero attached hydrogens (tertiary/aromatic N) is 2. The van der Waals surface area contributed by atoms with Crippen LogP contribution in [0.5, 0.6) is 0 Å². The number of ether oxygens (including phenoxy) is 1. The van der Waals surface area contributed by atoms with Gasteiger partial charge in [0.25, 0.3) is 11.9 Å². The maximum atomic E-state index is 13.9. The minimum Gasteiger partial charge on any atom is -0.462 e. The van der Waals surface area contributed by atoms with Gasteiger partial charge in [-0.1, -0.05) is 0 Å². The lowest BCUT2D eigenvalue weighted by Crippen LogP contribution is -2.28. The summed E-state index contributed by atoms with van der Waals surface area (Å²) >= 11 is 1.37. The fraction of sp³-hybridized carbons (Fsp3) is 0.417. The molecule has 0 fully saturated rings. The molecular weight excluding hydrogens is 271 g/mol. The molecule has 0 saturated heterocycles. The molecule has 0 radical (unpaired) electrons. The van der Waals surface area contributed by atoms with Gasteiger partial charge in [0.1, 0.15) is 11.2 Å². The van der Waals surface area contributed by atoms with Crippen molar-refractivity contribution in [3.8, 4) is 0 Å². The Morgan fingerprint density at radius 3 is 2.89 bits per heavy atom. The first-order valence-corrected chi connectivity index (χ1v) is 6.56. The van der Waals surface area contributed by atoms with E-state index in [4.69, 9.17) is 0 Å². The Balaban J connectivity index is 2.57.